The smallest absolute Gasteiger partial charge is 0.329 e. The van der Waals surface area contributed by atoms with Gasteiger partial charge in [0.15, 0.2) is 0 Å². The largest absolute Gasteiger partial charge is 0.480 e. The van der Waals surface area contributed by atoms with E-state index in [0.29, 0.717) is 6.42 Å². The number of amides is 1. The fraction of sp³-hybridized carbons (Fsp3) is 0.875. The summed E-state index contributed by atoms with van der Waals surface area (Å²) in [5, 5.41) is 10.9. The van der Waals surface area contributed by atoms with Gasteiger partial charge in [-0.3, -0.25) is 9.59 Å². The third kappa shape index (κ3) is 24.6. The highest BCUT2D eigenvalue weighted by molar-refractivity contribution is 5.77. The number of aliphatic carboxylic acids is 1. The van der Waals surface area contributed by atoms with Crippen LogP contribution in [0, 0.1) is 0 Å². The maximum Gasteiger partial charge on any atom is 0.329 e. The van der Waals surface area contributed by atoms with Gasteiger partial charge in [0.2, 0.25) is 5.91 Å². The van der Waals surface area contributed by atoms with Crippen molar-refractivity contribution in [2.75, 3.05) is 39.6 Å². The lowest BCUT2D eigenvalue weighted by atomic mass is 10.0. The highest BCUT2D eigenvalue weighted by Gasteiger charge is 2.04. The minimum atomic E-state index is -1.12. The van der Waals surface area contributed by atoms with Crippen LogP contribution >= 0.6 is 0 Å². The number of ether oxygens (including phenoxy) is 3. The molecule has 0 aliphatic rings. The van der Waals surface area contributed by atoms with E-state index < -0.39 is 18.5 Å². The van der Waals surface area contributed by atoms with Crippen molar-refractivity contribution in [1.29, 1.82) is 0 Å². The summed E-state index contributed by atoms with van der Waals surface area (Å²) in [6.45, 7) is 2.48. The van der Waals surface area contributed by atoms with E-state index in [4.69, 9.17) is 14.6 Å². The first-order valence-electron chi connectivity index (χ1n) is 12.4. The molecule has 0 rings (SSSR count). The van der Waals surface area contributed by atoms with E-state index in [2.05, 4.69) is 17.0 Å². The molecule has 0 spiro atoms. The van der Waals surface area contributed by atoms with E-state index in [0.717, 1.165) is 12.8 Å². The molecule has 0 saturated heterocycles. The fourth-order valence-corrected chi connectivity index (χ4v) is 3.22. The second-order valence-electron chi connectivity index (χ2n) is 8.06. The Bertz CT molecular complexity index is 471. The predicted molar refractivity (Wildman–Crippen MR) is 124 cm³/mol. The Kier molecular flexibility index (Phi) is 22.7. The molecule has 0 aromatic heterocycles. The predicted octanol–water partition coefficient (Wildman–Crippen LogP) is 4.24. The minimum Gasteiger partial charge on any atom is -0.480 e. The molecule has 0 bridgehead atoms. The summed E-state index contributed by atoms with van der Waals surface area (Å²) in [4.78, 5) is 33.2. The lowest BCUT2D eigenvalue weighted by molar-refractivity contribution is -0.145. The van der Waals surface area contributed by atoms with Crippen LogP contribution < -0.4 is 5.32 Å². The molecule has 188 valence electrons. The van der Waals surface area contributed by atoms with Crippen LogP contribution in [-0.2, 0) is 28.6 Å². The lowest BCUT2D eigenvalue weighted by Gasteiger charge is -2.07. The number of hydrogen-bond acceptors (Lipinski definition) is 6. The summed E-state index contributed by atoms with van der Waals surface area (Å²) < 4.78 is 15.1. The van der Waals surface area contributed by atoms with Gasteiger partial charge in [-0.15, -0.1) is 0 Å². The van der Waals surface area contributed by atoms with Crippen molar-refractivity contribution in [3.8, 4) is 0 Å². The Labute approximate surface area is 193 Å². The molecule has 0 aromatic rings. The van der Waals surface area contributed by atoms with Gasteiger partial charge in [0.25, 0.3) is 0 Å². The molecule has 0 radical (unpaired) electrons. The first-order chi connectivity index (χ1) is 15.6. The molecule has 0 aliphatic carbocycles. The molecule has 0 saturated carbocycles. The van der Waals surface area contributed by atoms with Crippen molar-refractivity contribution in [3.63, 3.8) is 0 Å². The Morgan fingerprint density at radius 1 is 0.688 bits per heavy atom. The molecule has 0 fully saturated rings. The number of carboxylic acid groups (broad SMARTS) is 1. The molecule has 0 aliphatic heterocycles. The van der Waals surface area contributed by atoms with Crippen LogP contribution in [0.4, 0.5) is 0 Å². The van der Waals surface area contributed by atoms with Crippen LogP contribution in [0.2, 0.25) is 0 Å². The van der Waals surface area contributed by atoms with Gasteiger partial charge in [-0.1, -0.05) is 84.0 Å². The summed E-state index contributed by atoms with van der Waals surface area (Å²) in [5.41, 5.74) is 0. The Balaban J connectivity index is 3.25. The van der Waals surface area contributed by atoms with Crippen LogP contribution in [0.5, 0.6) is 0 Å². The Hall–Kier alpha value is -1.67. The van der Waals surface area contributed by atoms with E-state index >= 15 is 0 Å². The second-order valence-corrected chi connectivity index (χ2v) is 8.06. The van der Waals surface area contributed by atoms with Gasteiger partial charge in [-0.05, 0) is 6.42 Å². The lowest BCUT2D eigenvalue weighted by Crippen LogP contribution is -2.31. The first-order valence-corrected chi connectivity index (χ1v) is 12.4. The van der Waals surface area contributed by atoms with Gasteiger partial charge in [0.1, 0.15) is 19.8 Å². The molecular weight excluding hydrogens is 414 g/mol. The highest BCUT2D eigenvalue weighted by Crippen LogP contribution is 2.13. The monoisotopic (exact) mass is 459 g/mol. The Morgan fingerprint density at radius 3 is 1.81 bits per heavy atom. The summed E-state index contributed by atoms with van der Waals surface area (Å²) in [6.07, 6.45) is 17.0. The molecule has 2 N–H and O–H groups in total. The maximum absolute atomic E-state index is 11.7. The third-order valence-electron chi connectivity index (χ3n) is 5.00. The number of carbonyl (C=O) groups is 3. The quantitative estimate of drug-likeness (QED) is 0.164. The number of hydrogen-bond donors (Lipinski definition) is 2. The van der Waals surface area contributed by atoms with Gasteiger partial charge in [-0.25, -0.2) is 4.79 Å². The van der Waals surface area contributed by atoms with Crippen LogP contribution in [-0.4, -0.2) is 62.5 Å². The fourth-order valence-electron chi connectivity index (χ4n) is 3.22. The number of carboxylic acids is 1. The molecule has 0 atom stereocenters. The zero-order valence-electron chi connectivity index (χ0n) is 20.0. The average molecular weight is 460 g/mol. The number of carbonyl (C=O) groups excluding carboxylic acids is 2. The minimum absolute atomic E-state index is 0.194. The van der Waals surface area contributed by atoms with Crippen LogP contribution in [0.1, 0.15) is 96.8 Å². The van der Waals surface area contributed by atoms with Gasteiger partial charge >= 0.3 is 11.9 Å². The normalized spacial score (nSPS) is 10.8. The van der Waals surface area contributed by atoms with Gasteiger partial charge in [0.05, 0.1) is 13.2 Å². The van der Waals surface area contributed by atoms with Crippen LogP contribution in [0.15, 0.2) is 0 Å². The second kappa shape index (κ2) is 24.0. The van der Waals surface area contributed by atoms with Crippen LogP contribution in [0.3, 0.4) is 0 Å². The van der Waals surface area contributed by atoms with Crippen molar-refractivity contribution in [1.82, 2.24) is 5.32 Å². The van der Waals surface area contributed by atoms with Gasteiger partial charge < -0.3 is 24.6 Å². The standard InChI is InChI=1S/C24H45NO7/c1-2-3-4-5-6-7-8-9-10-11-12-13-14-15-24(29)32-19-18-30-17-16-25-22(26)20-31-21-23(27)28/h2-21H2,1H3,(H,25,26)(H,27,28). The molecule has 1 amide bonds. The molecule has 32 heavy (non-hydrogen) atoms. The third-order valence-corrected chi connectivity index (χ3v) is 5.00. The number of unbranched alkanes of at least 4 members (excludes halogenated alkanes) is 12. The van der Waals surface area contributed by atoms with Crippen molar-refractivity contribution >= 4 is 17.8 Å². The molecule has 8 nitrogen and oxygen atoms in total. The van der Waals surface area contributed by atoms with Gasteiger partial charge in [-0.2, -0.15) is 0 Å². The van der Waals surface area contributed by atoms with Crippen LogP contribution in [0.25, 0.3) is 0 Å². The van der Waals surface area contributed by atoms with Crippen molar-refractivity contribution in [2.24, 2.45) is 0 Å². The number of nitrogens with one attached hydrogen (secondary N) is 1. The van der Waals surface area contributed by atoms with Crippen molar-refractivity contribution in [3.05, 3.63) is 0 Å². The molecule has 0 unspecified atom stereocenters. The number of rotatable bonds is 24. The SMILES string of the molecule is CCCCCCCCCCCCCCCC(=O)OCCOCCNC(=O)COCC(=O)O. The topological polar surface area (TPSA) is 111 Å². The molecular formula is C24H45NO7. The van der Waals surface area contributed by atoms with Gasteiger partial charge in [0, 0.05) is 13.0 Å². The average Bonchev–Trinajstić information content (AvgIpc) is 2.76. The molecule has 0 heterocycles. The maximum atomic E-state index is 11.7. The van der Waals surface area contributed by atoms with E-state index in [9.17, 15) is 14.4 Å². The van der Waals surface area contributed by atoms with Crippen molar-refractivity contribution in [2.45, 2.75) is 96.8 Å². The molecule has 8 heteroatoms. The van der Waals surface area contributed by atoms with E-state index in [1.54, 1.807) is 0 Å². The summed E-state index contributed by atoms with van der Waals surface area (Å²) in [5.74, 6) is -1.72. The Morgan fingerprint density at radius 2 is 1.25 bits per heavy atom. The number of esters is 1. The summed E-state index contributed by atoms with van der Waals surface area (Å²) >= 11 is 0. The zero-order chi connectivity index (χ0) is 23.7. The van der Waals surface area contributed by atoms with E-state index in [1.165, 1.54) is 70.6 Å². The first kappa shape index (κ1) is 30.3. The van der Waals surface area contributed by atoms with E-state index in [1.807, 2.05) is 0 Å². The van der Waals surface area contributed by atoms with E-state index in [-0.39, 0.29) is 38.9 Å². The summed E-state index contributed by atoms with van der Waals surface area (Å²) in [7, 11) is 0. The highest BCUT2D eigenvalue weighted by atomic mass is 16.6. The van der Waals surface area contributed by atoms with Crippen molar-refractivity contribution < 1.29 is 33.7 Å². The molecule has 0 aromatic carbocycles. The summed E-state index contributed by atoms with van der Waals surface area (Å²) in [6, 6.07) is 0. The zero-order valence-corrected chi connectivity index (χ0v) is 20.0.